The summed E-state index contributed by atoms with van der Waals surface area (Å²) in [6, 6.07) is 0.267. The van der Waals surface area contributed by atoms with Gasteiger partial charge in [-0.05, 0) is 64.4 Å². The number of aliphatic hydroxyl groups is 1. The normalized spacial score (nSPS) is 26.4. The van der Waals surface area contributed by atoms with Gasteiger partial charge in [-0.2, -0.15) is 0 Å². The second-order valence-electron chi connectivity index (χ2n) is 10.4. The molecule has 0 aromatic carbocycles. The molecule has 2 fully saturated rings. The Kier molecular flexibility index (Phi) is 9.85. The van der Waals surface area contributed by atoms with Gasteiger partial charge in [0.2, 0.25) is 5.91 Å². The largest absolute Gasteiger partial charge is 0.498 e. The first kappa shape index (κ1) is 26.6. The highest BCUT2D eigenvalue weighted by Crippen LogP contribution is 2.42. The van der Waals surface area contributed by atoms with Gasteiger partial charge >= 0.3 is 0 Å². The quantitative estimate of drug-likeness (QED) is 0.337. The average molecular weight is 469 g/mol. The number of rotatable bonds is 12. The van der Waals surface area contributed by atoms with Crippen LogP contribution in [0.1, 0.15) is 65.7 Å². The molecule has 34 heavy (non-hydrogen) atoms. The zero-order valence-corrected chi connectivity index (χ0v) is 21.5. The molecule has 2 heterocycles. The molecule has 0 aromatic rings. The van der Waals surface area contributed by atoms with Crippen LogP contribution in [0.25, 0.3) is 0 Å². The number of terminal acetylenes is 1. The summed E-state index contributed by atoms with van der Waals surface area (Å²) in [6.45, 7) is 9.94. The summed E-state index contributed by atoms with van der Waals surface area (Å²) in [4.78, 5) is 17.7. The van der Waals surface area contributed by atoms with Crippen molar-refractivity contribution in [2.45, 2.75) is 71.8 Å². The van der Waals surface area contributed by atoms with Gasteiger partial charge in [0, 0.05) is 43.6 Å². The van der Waals surface area contributed by atoms with Crippen LogP contribution in [0, 0.1) is 29.6 Å². The van der Waals surface area contributed by atoms with Crippen molar-refractivity contribution in [2.24, 2.45) is 17.3 Å². The van der Waals surface area contributed by atoms with Crippen LogP contribution in [-0.4, -0.2) is 66.2 Å². The topological polar surface area (TPSA) is 53.0 Å². The van der Waals surface area contributed by atoms with Crippen LogP contribution in [0.5, 0.6) is 0 Å². The third-order valence-electron chi connectivity index (χ3n) is 7.72. The fraction of sp³-hybridized carbons (Fsp3) is 0.690. The van der Waals surface area contributed by atoms with Crippen LogP contribution in [-0.2, 0) is 9.53 Å². The Balaban J connectivity index is 1.75. The van der Waals surface area contributed by atoms with Gasteiger partial charge in [0.25, 0.3) is 0 Å². The van der Waals surface area contributed by atoms with E-state index in [-0.39, 0.29) is 24.0 Å². The number of aliphatic hydroxyl groups excluding tert-OH is 1. The summed E-state index contributed by atoms with van der Waals surface area (Å²) in [5, 5.41) is 9.30. The average Bonchev–Trinajstić information content (AvgIpc) is 3.45. The zero-order chi connectivity index (χ0) is 24.6. The van der Waals surface area contributed by atoms with Gasteiger partial charge in [0.05, 0.1) is 18.9 Å². The Hall–Kier alpha value is -2.03. The highest BCUT2D eigenvalue weighted by molar-refractivity contribution is 5.78. The Bertz CT molecular complexity index is 816. The van der Waals surface area contributed by atoms with Crippen molar-refractivity contribution in [1.29, 1.82) is 0 Å². The minimum atomic E-state index is -0.318. The highest BCUT2D eigenvalue weighted by Gasteiger charge is 2.40. The maximum absolute atomic E-state index is 13.4. The lowest BCUT2D eigenvalue weighted by atomic mass is 9.80. The van der Waals surface area contributed by atoms with Crippen molar-refractivity contribution < 1.29 is 14.6 Å². The van der Waals surface area contributed by atoms with E-state index in [1.165, 1.54) is 5.57 Å². The van der Waals surface area contributed by atoms with Gasteiger partial charge in [0.15, 0.2) is 0 Å². The van der Waals surface area contributed by atoms with E-state index >= 15 is 0 Å². The van der Waals surface area contributed by atoms with E-state index in [2.05, 4.69) is 42.9 Å². The smallest absolute Gasteiger partial charge is 0.236 e. The molecule has 1 N–H and O–H groups in total. The van der Waals surface area contributed by atoms with Crippen molar-refractivity contribution in [2.75, 3.05) is 39.4 Å². The number of nitrogens with zero attached hydrogens (tertiary/aromatic N) is 2. The Labute approximate surface area is 206 Å². The number of likely N-dealkylation sites (tertiary alicyclic amines) is 1. The first-order chi connectivity index (χ1) is 16.4. The van der Waals surface area contributed by atoms with Crippen molar-refractivity contribution in [3.63, 3.8) is 0 Å². The molecule has 0 bridgehead atoms. The third kappa shape index (κ3) is 6.77. The molecular formula is C29H44N2O3. The summed E-state index contributed by atoms with van der Waals surface area (Å²) < 4.78 is 5.77. The number of allylic oxidation sites excluding steroid dienone is 5. The molecule has 3 aliphatic rings. The summed E-state index contributed by atoms with van der Waals surface area (Å²) >= 11 is 0. The van der Waals surface area contributed by atoms with Crippen molar-refractivity contribution >= 4 is 5.91 Å². The summed E-state index contributed by atoms with van der Waals surface area (Å²) in [5.74, 6) is 5.30. The lowest BCUT2D eigenvalue weighted by molar-refractivity contribution is -0.133. The van der Waals surface area contributed by atoms with E-state index in [0.717, 1.165) is 64.0 Å². The van der Waals surface area contributed by atoms with Gasteiger partial charge in [-0.1, -0.05) is 43.1 Å². The van der Waals surface area contributed by atoms with Gasteiger partial charge in [-0.3, -0.25) is 9.69 Å². The molecule has 0 spiro atoms. The van der Waals surface area contributed by atoms with Gasteiger partial charge in [-0.15, -0.1) is 6.42 Å². The van der Waals surface area contributed by atoms with Crippen molar-refractivity contribution in [1.82, 2.24) is 9.80 Å². The maximum atomic E-state index is 13.4. The predicted molar refractivity (Wildman–Crippen MR) is 138 cm³/mol. The molecule has 5 nitrogen and oxygen atoms in total. The molecule has 5 heteroatoms. The molecule has 1 unspecified atom stereocenters. The van der Waals surface area contributed by atoms with Crippen molar-refractivity contribution in [3.8, 4) is 12.3 Å². The van der Waals surface area contributed by atoms with Gasteiger partial charge in [0.1, 0.15) is 0 Å². The summed E-state index contributed by atoms with van der Waals surface area (Å²) in [6.07, 6.45) is 21.3. The van der Waals surface area contributed by atoms with E-state index < -0.39 is 0 Å². The molecule has 2 saturated heterocycles. The minimum Gasteiger partial charge on any atom is -0.498 e. The number of hydrogen-bond acceptors (Lipinski definition) is 4. The first-order valence-corrected chi connectivity index (χ1v) is 13.2. The van der Waals surface area contributed by atoms with E-state index in [1.807, 2.05) is 17.9 Å². The zero-order valence-electron chi connectivity index (χ0n) is 21.5. The lowest BCUT2D eigenvalue weighted by Crippen LogP contribution is -2.44. The van der Waals surface area contributed by atoms with Crippen LogP contribution in [0.2, 0.25) is 0 Å². The second-order valence-corrected chi connectivity index (χ2v) is 10.4. The third-order valence-corrected chi connectivity index (χ3v) is 7.72. The first-order valence-electron chi connectivity index (χ1n) is 13.2. The van der Waals surface area contributed by atoms with Crippen molar-refractivity contribution in [3.05, 3.63) is 35.6 Å². The number of amides is 1. The van der Waals surface area contributed by atoms with Gasteiger partial charge < -0.3 is 14.7 Å². The monoisotopic (exact) mass is 468 g/mol. The molecule has 0 saturated carbocycles. The van der Waals surface area contributed by atoms with Crippen LogP contribution in [0.3, 0.4) is 0 Å². The maximum Gasteiger partial charge on any atom is 0.236 e. The van der Waals surface area contributed by atoms with Crippen LogP contribution < -0.4 is 0 Å². The minimum absolute atomic E-state index is 0.114. The van der Waals surface area contributed by atoms with E-state index in [4.69, 9.17) is 11.2 Å². The molecule has 0 radical (unpaired) electrons. The van der Waals surface area contributed by atoms with Crippen LogP contribution >= 0.6 is 0 Å². The highest BCUT2D eigenvalue weighted by atomic mass is 16.5. The number of unbranched alkanes of at least 4 members (excludes halogenated alkanes) is 1. The van der Waals surface area contributed by atoms with Crippen LogP contribution in [0.4, 0.5) is 0 Å². The lowest BCUT2D eigenvalue weighted by Gasteiger charge is -2.32. The Morgan fingerprint density at radius 3 is 2.85 bits per heavy atom. The molecule has 1 aliphatic carbocycles. The Morgan fingerprint density at radius 1 is 1.35 bits per heavy atom. The number of fused-ring (bicyclic) bond motifs is 1. The number of hydrogen-bond donors (Lipinski definition) is 1. The summed E-state index contributed by atoms with van der Waals surface area (Å²) in [7, 11) is 0. The van der Waals surface area contributed by atoms with E-state index in [9.17, 15) is 9.90 Å². The number of ether oxygens (including phenoxy) is 1. The standard InChI is InChI=1S/C29H44N2O3/c1-5-8-14-30(15-9-16-32)28(33)22-31-21-25(19-26(31)20-29(4,7-3)13-6-2)23-10-11-27-24(18-23)12-17-34-27/h3,6,10-11,13,24-26,32H,5,8-9,12,14-22H2,1-2,4H3/b13-6+/t24?,25-,26-,29+/m1/s1. The molecule has 4 atom stereocenters. The van der Waals surface area contributed by atoms with E-state index in [1.54, 1.807) is 0 Å². The molecule has 0 aromatic heterocycles. The molecule has 2 aliphatic heterocycles. The summed E-state index contributed by atoms with van der Waals surface area (Å²) in [5.41, 5.74) is 1.18. The van der Waals surface area contributed by atoms with E-state index in [0.29, 0.717) is 31.3 Å². The number of carbonyl (C=O) groups excluding carboxylic acids is 1. The molecular weight excluding hydrogens is 424 g/mol. The molecule has 3 rings (SSSR count). The Morgan fingerprint density at radius 2 is 2.15 bits per heavy atom. The SMILES string of the molecule is C#C[C@@](C)(/C=C/C)C[C@H]1C[C@@H](C2=CC=C3OCCC3C2)CN1CC(=O)N(CCCC)CCCO. The molecule has 188 valence electrons. The van der Waals surface area contributed by atoms with Gasteiger partial charge in [-0.25, -0.2) is 0 Å². The fourth-order valence-corrected chi connectivity index (χ4v) is 5.75. The van der Waals surface area contributed by atoms with Crippen LogP contribution in [0.15, 0.2) is 35.6 Å². The second kappa shape index (κ2) is 12.6. The predicted octanol–water partition coefficient (Wildman–Crippen LogP) is 4.54. The number of carbonyl (C=O) groups is 1. The molecule has 1 amide bonds. The fourth-order valence-electron chi connectivity index (χ4n) is 5.75.